The molecule has 6 rings (SSSR count). The van der Waals surface area contributed by atoms with Gasteiger partial charge in [-0.25, -0.2) is 0 Å². The third-order valence-corrected chi connectivity index (χ3v) is 14.9. The molecule has 0 spiro atoms. The molecule has 0 bridgehead atoms. The van der Waals surface area contributed by atoms with Crippen LogP contribution in [0.3, 0.4) is 0 Å². The number of rotatable bonds is 6. The summed E-state index contributed by atoms with van der Waals surface area (Å²) in [6.45, 7) is 14.2. The summed E-state index contributed by atoms with van der Waals surface area (Å²) in [6, 6.07) is 9.98. The third kappa shape index (κ3) is 4.44. The fourth-order valence-electron chi connectivity index (χ4n) is 12.0. The van der Waals surface area contributed by atoms with Crippen LogP contribution in [0, 0.1) is 56.7 Å². The molecule has 4 saturated carbocycles. The van der Waals surface area contributed by atoms with Crippen LogP contribution >= 0.6 is 0 Å². The minimum atomic E-state index is -0.914. The zero-order valence-electron chi connectivity index (χ0n) is 27.9. The largest absolute Gasteiger partial charge is 0.438 e. The number of aliphatic hydroxyl groups is 3. The number of hydrogen-bond donors (Lipinski definition) is 3. The number of ether oxygens (including phenoxy) is 2. The summed E-state index contributed by atoms with van der Waals surface area (Å²) in [6.07, 6.45) is 7.79. The number of aliphatic hydroxyl groups excluding tert-OH is 3. The Morgan fingerprint density at radius 3 is 2.39 bits per heavy atom. The Hall–Kier alpha value is -1.73. The molecule has 5 aliphatic carbocycles. The maximum Gasteiger partial charge on any atom is 0.314 e. The lowest BCUT2D eigenvalue weighted by Crippen LogP contribution is -2.68. The summed E-state index contributed by atoms with van der Waals surface area (Å²) in [4.78, 5) is 14.2. The fraction of sp³-hybridized carbons (Fsp3) is 0.763. The first-order chi connectivity index (χ1) is 20.8. The molecule has 6 unspecified atom stereocenters. The summed E-state index contributed by atoms with van der Waals surface area (Å²) in [7, 11) is 0. The van der Waals surface area contributed by atoms with Gasteiger partial charge < -0.3 is 24.8 Å². The van der Waals surface area contributed by atoms with Crippen molar-refractivity contribution in [2.45, 2.75) is 112 Å². The van der Waals surface area contributed by atoms with Gasteiger partial charge in [-0.05, 0) is 103 Å². The highest BCUT2D eigenvalue weighted by atomic mass is 16.7. The molecule has 5 aliphatic rings. The first-order valence-corrected chi connectivity index (χ1v) is 17.2. The highest BCUT2D eigenvalue weighted by Crippen LogP contribution is 2.75. The van der Waals surface area contributed by atoms with Crippen molar-refractivity contribution in [3.05, 3.63) is 47.5 Å². The average molecular weight is 609 g/mol. The summed E-state index contributed by atoms with van der Waals surface area (Å²) in [5.41, 5.74) is 0.972. The molecule has 0 aliphatic heterocycles. The van der Waals surface area contributed by atoms with E-state index in [-0.39, 0.29) is 47.4 Å². The second kappa shape index (κ2) is 11.2. The molecule has 0 aromatic heterocycles. The molecular weight excluding hydrogens is 552 g/mol. The molecule has 1 aromatic rings. The van der Waals surface area contributed by atoms with Gasteiger partial charge in [-0.2, -0.15) is 0 Å². The molecular formula is C38H56O6. The van der Waals surface area contributed by atoms with Crippen LogP contribution in [0.1, 0.15) is 98.5 Å². The number of carbonyl (C=O) groups excluding carboxylic acids is 1. The SMILES string of the molecule is C[C@@H]1CCC2(C(=O)OCOCc3ccccc3)CC[C@]3(C)C(=CCC4[C@@]5(C)CC(O)C(O)[C@](C)(CO)C5CC[C@]43C)C2[C@H]1C. The van der Waals surface area contributed by atoms with Gasteiger partial charge in [0.2, 0.25) is 0 Å². The van der Waals surface area contributed by atoms with Crippen LogP contribution in [0.25, 0.3) is 0 Å². The number of fused-ring (bicyclic) bond motifs is 7. The number of esters is 1. The van der Waals surface area contributed by atoms with Gasteiger partial charge in [-0.15, -0.1) is 0 Å². The highest BCUT2D eigenvalue weighted by molar-refractivity contribution is 5.78. The molecule has 12 atom stereocenters. The molecule has 4 fully saturated rings. The maximum absolute atomic E-state index is 14.2. The normalized spacial score (nSPS) is 48.2. The third-order valence-electron chi connectivity index (χ3n) is 14.9. The fourth-order valence-corrected chi connectivity index (χ4v) is 12.0. The quantitative estimate of drug-likeness (QED) is 0.145. The number of hydrogen-bond acceptors (Lipinski definition) is 6. The molecule has 6 nitrogen and oxygen atoms in total. The first kappa shape index (κ1) is 32.2. The standard InChI is InChI=1S/C38H56O6/c1-24-14-17-38(33(42)44-23-43-21-26-10-8-7-9-11-26)19-18-36(5)27(31(38)25(24)2)12-13-30-34(3)20-28(40)32(41)35(4,22-39)29(34)15-16-37(30,36)6/h7-12,24-25,28-32,39-41H,13-23H2,1-6H3/t24-,25+,28?,29?,30?,31?,32?,34+,35-,36-,37-,38?/m1/s1. The van der Waals surface area contributed by atoms with E-state index in [4.69, 9.17) is 9.47 Å². The zero-order valence-corrected chi connectivity index (χ0v) is 27.9. The molecule has 244 valence electrons. The second-order valence-electron chi connectivity index (χ2n) is 16.6. The number of benzene rings is 1. The van der Waals surface area contributed by atoms with E-state index in [1.165, 1.54) is 5.57 Å². The van der Waals surface area contributed by atoms with Crippen LogP contribution in [-0.2, 0) is 20.9 Å². The van der Waals surface area contributed by atoms with Gasteiger partial charge in [0.15, 0.2) is 6.79 Å². The van der Waals surface area contributed by atoms with Crippen molar-refractivity contribution in [2.75, 3.05) is 13.4 Å². The van der Waals surface area contributed by atoms with Gasteiger partial charge in [-0.3, -0.25) is 4.79 Å². The Balaban J connectivity index is 1.31. The van der Waals surface area contributed by atoms with Gasteiger partial charge in [0.1, 0.15) is 0 Å². The van der Waals surface area contributed by atoms with Crippen LogP contribution in [0.5, 0.6) is 0 Å². The van der Waals surface area contributed by atoms with Crippen molar-refractivity contribution in [3.8, 4) is 0 Å². The van der Waals surface area contributed by atoms with Crippen LogP contribution in [-0.4, -0.2) is 46.9 Å². The predicted molar refractivity (Wildman–Crippen MR) is 170 cm³/mol. The molecule has 0 heterocycles. The van der Waals surface area contributed by atoms with Gasteiger partial charge in [0, 0.05) is 5.41 Å². The summed E-state index contributed by atoms with van der Waals surface area (Å²) in [5, 5.41) is 32.8. The monoisotopic (exact) mass is 608 g/mol. The lowest BCUT2D eigenvalue weighted by Gasteiger charge is -2.71. The number of allylic oxidation sites excluding steroid dienone is 2. The van der Waals surface area contributed by atoms with Crippen molar-refractivity contribution in [1.29, 1.82) is 0 Å². The molecule has 3 N–H and O–H groups in total. The van der Waals surface area contributed by atoms with E-state index in [1.807, 2.05) is 37.3 Å². The predicted octanol–water partition coefficient (Wildman–Crippen LogP) is 6.67. The lowest BCUT2D eigenvalue weighted by atomic mass is 9.33. The topological polar surface area (TPSA) is 96.2 Å². The Kier molecular flexibility index (Phi) is 8.21. The molecule has 0 amide bonds. The molecule has 1 aromatic carbocycles. The highest BCUT2D eigenvalue weighted by Gasteiger charge is 2.70. The van der Waals surface area contributed by atoms with Crippen LogP contribution < -0.4 is 0 Å². The molecule has 44 heavy (non-hydrogen) atoms. The van der Waals surface area contributed by atoms with E-state index in [2.05, 4.69) is 40.7 Å². The van der Waals surface area contributed by atoms with E-state index in [0.717, 1.165) is 50.5 Å². The van der Waals surface area contributed by atoms with Crippen molar-refractivity contribution in [2.24, 2.45) is 56.7 Å². The smallest absolute Gasteiger partial charge is 0.314 e. The van der Waals surface area contributed by atoms with Crippen molar-refractivity contribution in [3.63, 3.8) is 0 Å². The Labute approximate surface area is 264 Å². The Morgan fingerprint density at radius 1 is 0.955 bits per heavy atom. The average Bonchev–Trinajstić information content (AvgIpc) is 3.00. The van der Waals surface area contributed by atoms with Crippen LogP contribution in [0.4, 0.5) is 0 Å². The minimum absolute atomic E-state index is 0.0179. The van der Waals surface area contributed by atoms with Crippen LogP contribution in [0.15, 0.2) is 42.0 Å². The van der Waals surface area contributed by atoms with Gasteiger partial charge in [0.05, 0.1) is 30.8 Å². The van der Waals surface area contributed by atoms with E-state index < -0.39 is 23.0 Å². The zero-order chi connectivity index (χ0) is 31.7. The van der Waals surface area contributed by atoms with E-state index >= 15 is 0 Å². The number of carbonyl (C=O) groups is 1. The van der Waals surface area contributed by atoms with Crippen molar-refractivity contribution >= 4 is 5.97 Å². The van der Waals surface area contributed by atoms with Crippen molar-refractivity contribution in [1.82, 2.24) is 0 Å². The van der Waals surface area contributed by atoms with Gasteiger partial charge in [0.25, 0.3) is 0 Å². The lowest BCUT2D eigenvalue weighted by molar-refractivity contribution is -0.244. The van der Waals surface area contributed by atoms with Gasteiger partial charge >= 0.3 is 5.97 Å². The first-order valence-electron chi connectivity index (χ1n) is 17.2. The molecule has 0 radical (unpaired) electrons. The second-order valence-corrected chi connectivity index (χ2v) is 16.6. The molecule has 0 saturated heterocycles. The van der Waals surface area contributed by atoms with E-state index in [1.54, 1.807) is 0 Å². The van der Waals surface area contributed by atoms with Crippen molar-refractivity contribution < 1.29 is 29.6 Å². The minimum Gasteiger partial charge on any atom is -0.438 e. The maximum atomic E-state index is 14.2. The summed E-state index contributed by atoms with van der Waals surface area (Å²) in [5.74, 6) is 1.39. The van der Waals surface area contributed by atoms with Gasteiger partial charge in [-0.1, -0.05) is 83.5 Å². The van der Waals surface area contributed by atoms with Crippen LogP contribution in [0.2, 0.25) is 0 Å². The Morgan fingerprint density at radius 2 is 1.68 bits per heavy atom. The molecule has 6 heteroatoms. The van der Waals surface area contributed by atoms with E-state index in [9.17, 15) is 20.1 Å². The Bertz CT molecular complexity index is 1260. The summed E-state index contributed by atoms with van der Waals surface area (Å²) < 4.78 is 11.8. The van der Waals surface area contributed by atoms with E-state index in [0.29, 0.717) is 30.8 Å². The summed E-state index contributed by atoms with van der Waals surface area (Å²) >= 11 is 0.